The Balaban J connectivity index is 3.61. The van der Waals surface area contributed by atoms with E-state index in [1.165, 1.54) is 6.08 Å². The number of hydrogen-bond donors (Lipinski definition) is 4. The number of primary amides is 1. The van der Waals surface area contributed by atoms with Gasteiger partial charge in [-0.15, -0.1) is 0 Å². The third-order valence-electron chi connectivity index (χ3n) is 1.07. The summed E-state index contributed by atoms with van der Waals surface area (Å²) in [5.41, 5.74) is 5.21. The maximum atomic E-state index is 10.1. The first-order valence-electron chi connectivity index (χ1n) is 3.13. The van der Waals surface area contributed by atoms with Gasteiger partial charge >= 0.3 is 6.03 Å². The van der Waals surface area contributed by atoms with Gasteiger partial charge in [0, 0.05) is 6.54 Å². The van der Waals surface area contributed by atoms with Crippen LogP contribution in [0, 0.1) is 0 Å². The Morgan fingerprint density at radius 2 is 2.00 bits per heavy atom. The second kappa shape index (κ2) is 5.70. The van der Waals surface area contributed by atoms with E-state index in [-0.39, 0.29) is 19.8 Å². The Bertz CT molecular complexity index is 150. The molecule has 64 valence electrons. The highest BCUT2D eigenvalue weighted by molar-refractivity contribution is 5.71. The lowest BCUT2D eigenvalue weighted by Gasteiger charge is -1.99. The molecule has 0 heterocycles. The minimum Gasteiger partial charge on any atom is -0.392 e. The smallest absolute Gasteiger partial charge is 0.312 e. The van der Waals surface area contributed by atoms with E-state index in [9.17, 15) is 4.79 Å². The predicted molar refractivity (Wildman–Crippen MR) is 39.8 cm³/mol. The number of carbonyl (C=O) groups excluding carboxylic acids is 1. The second-order valence-electron chi connectivity index (χ2n) is 1.92. The van der Waals surface area contributed by atoms with Crippen molar-refractivity contribution in [3.05, 3.63) is 11.6 Å². The number of aliphatic hydroxyl groups excluding tert-OH is 2. The van der Waals surface area contributed by atoms with Gasteiger partial charge in [-0.3, -0.25) is 0 Å². The second-order valence-corrected chi connectivity index (χ2v) is 1.92. The lowest BCUT2D eigenvalue weighted by atomic mass is 10.3. The van der Waals surface area contributed by atoms with Crippen LogP contribution in [0.5, 0.6) is 0 Å². The number of nitrogens with two attached hydrogens (primary N) is 1. The molecule has 0 atom stereocenters. The molecular weight excluding hydrogens is 148 g/mol. The molecule has 0 saturated carbocycles. The van der Waals surface area contributed by atoms with Crippen LogP contribution in [0.2, 0.25) is 0 Å². The lowest BCUT2D eigenvalue weighted by molar-refractivity contribution is 0.249. The summed E-state index contributed by atoms with van der Waals surface area (Å²) in [4.78, 5) is 10.1. The minimum atomic E-state index is -0.628. The zero-order valence-corrected chi connectivity index (χ0v) is 6.08. The number of rotatable bonds is 4. The fraction of sp³-hybridized carbons (Fsp3) is 0.500. The highest BCUT2D eigenvalue weighted by Gasteiger charge is 1.92. The van der Waals surface area contributed by atoms with Gasteiger partial charge in [0.15, 0.2) is 0 Å². The maximum Gasteiger partial charge on any atom is 0.312 e. The summed E-state index contributed by atoms with van der Waals surface area (Å²) < 4.78 is 0. The Morgan fingerprint density at radius 3 is 2.36 bits per heavy atom. The van der Waals surface area contributed by atoms with Gasteiger partial charge in [0.1, 0.15) is 0 Å². The highest BCUT2D eigenvalue weighted by atomic mass is 16.3. The molecule has 0 bridgehead atoms. The van der Waals surface area contributed by atoms with E-state index in [2.05, 4.69) is 5.32 Å². The molecule has 0 aliphatic rings. The van der Waals surface area contributed by atoms with Crippen LogP contribution in [0.1, 0.15) is 0 Å². The van der Waals surface area contributed by atoms with Crippen molar-refractivity contribution in [1.29, 1.82) is 0 Å². The molecule has 0 saturated heterocycles. The summed E-state index contributed by atoms with van der Waals surface area (Å²) in [6, 6.07) is -0.628. The molecule has 5 heteroatoms. The van der Waals surface area contributed by atoms with Gasteiger partial charge in [-0.2, -0.15) is 0 Å². The SMILES string of the molecule is NC(=O)NCC=C(CO)CO. The molecule has 0 aliphatic carbocycles. The van der Waals surface area contributed by atoms with E-state index in [0.29, 0.717) is 5.57 Å². The summed E-state index contributed by atoms with van der Waals surface area (Å²) in [5.74, 6) is 0. The lowest BCUT2D eigenvalue weighted by Crippen LogP contribution is -2.29. The van der Waals surface area contributed by atoms with E-state index in [0.717, 1.165) is 0 Å². The van der Waals surface area contributed by atoms with Gasteiger partial charge < -0.3 is 21.3 Å². The van der Waals surface area contributed by atoms with Crippen molar-refractivity contribution in [3.63, 3.8) is 0 Å². The third kappa shape index (κ3) is 5.38. The van der Waals surface area contributed by atoms with Crippen LogP contribution in [-0.2, 0) is 0 Å². The van der Waals surface area contributed by atoms with Gasteiger partial charge in [0.2, 0.25) is 0 Å². The van der Waals surface area contributed by atoms with Crippen LogP contribution in [0.3, 0.4) is 0 Å². The summed E-state index contributed by atoms with van der Waals surface area (Å²) in [6.45, 7) is -0.195. The van der Waals surface area contributed by atoms with Gasteiger partial charge in [0.05, 0.1) is 13.2 Å². The van der Waals surface area contributed by atoms with Crippen molar-refractivity contribution in [1.82, 2.24) is 5.32 Å². The van der Waals surface area contributed by atoms with Gasteiger partial charge in [0.25, 0.3) is 0 Å². The largest absolute Gasteiger partial charge is 0.392 e. The normalized spacial score (nSPS) is 8.91. The fourth-order valence-corrected chi connectivity index (χ4v) is 0.475. The van der Waals surface area contributed by atoms with Crippen molar-refractivity contribution < 1.29 is 15.0 Å². The van der Waals surface area contributed by atoms with Crippen LogP contribution in [0.15, 0.2) is 11.6 Å². The van der Waals surface area contributed by atoms with Crippen molar-refractivity contribution in [3.8, 4) is 0 Å². The Hall–Kier alpha value is -1.07. The van der Waals surface area contributed by atoms with Gasteiger partial charge in [-0.1, -0.05) is 6.08 Å². The maximum absolute atomic E-state index is 10.1. The van der Waals surface area contributed by atoms with Crippen molar-refractivity contribution in [2.45, 2.75) is 0 Å². The third-order valence-corrected chi connectivity index (χ3v) is 1.07. The summed E-state index contributed by atoms with van der Waals surface area (Å²) in [5, 5.41) is 19.3. The van der Waals surface area contributed by atoms with Gasteiger partial charge in [-0.05, 0) is 5.57 Å². The molecule has 0 aromatic rings. The number of carbonyl (C=O) groups is 1. The van der Waals surface area contributed by atoms with Crippen LogP contribution >= 0.6 is 0 Å². The molecular formula is C6H12N2O3. The first-order valence-corrected chi connectivity index (χ1v) is 3.13. The molecule has 0 radical (unpaired) electrons. The van der Waals surface area contributed by atoms with Crippen molar-refractivity contribution >= 4 is 6.03 Å². The molecule has 5 nitrogen and oxygen atoms in total. The molecule has 2 amide bonds. The monoisotopic (exact) mass is 160 g/mol. The van der Waals surface area contributed by atoms with E-state index in [1.807, 2.05) is 0 Å². The topological polar surface area (TPSA) is 95.6 Å². The molecule has 0 aliphatic heterocycles. The first-order chi connectivity index (χ1) is 5.20. The first kappa shape index (κ1) is 9.93. The summed E-state index contributed by atoms with van der Waals surface area (Å²) in [7, 11) is 0. The Labute approximate surface area is 64.5 Å². The van der Waals surface area contributed by atoms with Crippen molar-refractivity contribution in [2.75, 3.05) is 19.8 Å². The van der Waals surface area contributed by atoms with E-state index < -0.39 is 6.03 Å². The quantitative estimate of drug-likeness (QED) is 0.379. The van der Waals surface area contributed by atoms with Crippen molar-refractivity contribution in [2.24, 2.45) is 5.73 Å². The predicted octanol–water partition coefficient (Wildman–Crippen LogP) is -1.43. The molecule has 11 heavy (non-hydrogen) atoms. The van der Waals surface area contributed by atoms with Gasteiger partial charge in [-0.25, -0.2) is 4.79 Å². The van der Waals surface area contributed by atoms with Crippen LogP contribution in [0.4, 0.5) is 4.79 Å². The van der Waals surface area contributed by atoms with Crippen LogP contribution in [0.25, 0.3) is 0 Å². The number of urea groups is 1. The molecule has 0 unspecified atom stereocenters. The zero-order chi connectivity index (χ0) is 8.69. The molecule has 0 rings (SSSR count). The highest BCUT2D eigenvalue weighted by Crippen LogP contribution is 1.87. The van der Waals surface area contributed by atoms with E-state index in [1.54, 1.807) is 0 Å². The Morgan fingerprint density at radius 1 is 1.45 bits per heavy atom. The molecule has 0 fully saturated rings. The number of nitrogens with one attached hydrogen (secondary N) is 1. The zero-order valence-electron chi connectivity index (χ0n) is 6.08. The minimum absolute atomic E-state index is 0.211. The Kier molecular flexibility index (Phi) is 5.14. The van der Waals surface area contributed by atoms with Crippen LogP contribution in [-0.4, -0.2) is 36.0 Å². The van der Waals surface area contributed by atoms with E-state index in [4.69, 9.17) is 15.9 Å². The average Bonchev–Trinajstić information content (AvgIpc) is 1.98. The number of amides is 2. The fourth-order valence-electron chi connectivity index (χ4n) is 0.475. The molecule has 5 N–H and O–H groups in total. The number of aliphatic hydroxyl groups is 2. The number of hydrogen-bond acceptors (Lipinski definition) is 3. The standard InChI is InChI=1S/C6H12N2O3/c7-6(11)8-2-1-5(3-9)4-10/h1,9-10H,2-4H2,(H3,7,8,11). The summed E-state index contributed by atoms with van der Waals surface area (Å²) in [6.07, 6.45) is 1.50. The average molecular weight is 160 g/mol. The molecule has 0 aromatic carbocycles. The van der Waals surface area contributed by atoms with E-state index >= 15 is 0 Å². The summed E-state index contributed by atoms with van der Waals surface area (Å²) >= 11 is 0. The van der Waals surface area contributed by atoms with Crippen LogP contribution < -0.4 is 11.1 Å². The molecule has 0 spiro atoms. The molecule has 0 aromatic heterocycles.